The van der Waals surface area contributed by atoms with E-state index in [1.807, 2.05) is 19.9 Å². The first kappa shape index (κ1) is 11.0. The fraction of sp³-hybridized carbons (Fsp3) is 0.300. The molecule has 3 nitrogen and oxygen atoms in total. The molecular weight excluding hydrogens is 246 g/mol. The number of aliphatic imine (C=N–C) groups is 1. The number of benzene rings is 1. The van der Waals surface area contributed by atoms with Crippen molar-refractivity contribution in [3.05, 3.63) is 21.7 Å². The summed E-state index contributed by atoms with van der Waals surface area (Å²) >= 11 is 3.40. The van der Waals surface area contributed by atoms with Crippen molar-refractivity contribution < 1.29 is 9.53 Å². The van der Waals surface area contributed by atoms with E-state index in [0.29, 0.717) is 11.4 Å². The van der Waals surface area contributed by atoms with Gasteiger partial charge in [0.05, 0.1) is 7.11 Å². The zero-order chi connectivity index (χ0) is 10.7. The van der Waals surface area contributed by atoms with Crippen LogP contribution in [-0.2, 0) is 4.79 Å². The van der Waals surface area contributed by atoms with Gasteiger partial charge >= 0.3 is 0 Å². The van der Waals surface area contributed by atoms with Gasteiger partial charge in [0.2, 0.25) is 6.08 Å². The summed E-state index contributed by atoms with van der Waals surface area (Å²) in [5.74, 6) is 0.611. The van der Waals surface area contributed by atoms with Crippen LogP contribution in [0.2, 0.25) is 0 Å². The van der Waals surface area contributed by atoms with Gasteiger partial charge in [0.25, 0.3) is 0 Å². The second-order valence-electron chi connectivity index (χ2n) is 2.89. The Hall–Kier alpha value is -1.12. The summed E-state index contributed by atoms with van der Waals surface area (Å²) in [6, 6.07) is 1.90. The molecule has 0 heterocycles. The van der Waals surface area contributed by atoms with Gasteiger partial charge < -0.3 is 4.74 Å². The number of isocyanates is 1. The van der Waals surface area contributed by atoms with Gasteiger partial charge in [-0.05, 0) is 25.5 Å². The molecule has 0 radical (unpaired) electrons. The fourth-order valence-electron chi connectivity index (χ4n) is 1.27. The van der Waals surface area contributed by atoms with Crippen molar-refractivity contribution in [2.24, 2.45) is 4.99 Å². The van der Waals surface area contributed by atoms with Crippen molar-refractivity contribution in [3.8, 4) is 5.75 Å². The molecule has 0 unspecified atom stereocenters. The number of rotatable bonds is 2. The maximum absolute atomic E-state index is 10.2. The summed E-state index contributed by atoms with van der Waals surface area (Å²) in [5.41, 5.74) is 2.35. The molecule has 1 rings (SSSR count). The molecule has 0 fully saturated rings. The van der Waals surface area contributed by atoms with Gasteiger partial charge in [-0.15, -0.1) is 0 Å². The van der Waals surface area contributed by atoms with Crippen LogP contribution in [0.4, 0.5) is 5.69 Å². The second kappa shape index (κ2) is 4.40. The Balaban J connectivity index is 3.54. The summed E-state index contributed by atoms with van der Waals surface area (Å²) in [6.07, 6.45) is 1.53. The predicted octanol–water partition coefficient (Wildman–Crippen LogP) is 3.04. The predicted molar refractivity (Wildman–Crippen MR) is 57.9 cm³/mol. The zero-order valence-corrected chi connectivity index (χ0v) is 9.81. The van der Waals surface area contributed by atoms with Crippen molar-refractivity contribution in [2.75, 3.05) is 7.11 Å². The van der Waals surface area contributed by atoms with Crippen molar-refractivity contribution >= 4 is 27.7 Å². The summed E-state index contributed by atoms with van der Waals surface area (Å²) < 4.78 is 6.13. The van der Waals surface area contributed by atoms with Gasteiger partial charge in [0.1, 0.15) is 11.4 Å². The van der Waals surface area contributed by atoms with E-state index in [4.69, 9.17) is 4.74 Å². The molecule has 0 aliphatic heterocycles. The van der Waals surface area contributed by atoms with Gasteiger partial charge in [-0.3, -0.25) is 0 Å². The molecule has 74 valence electrons. The van der Waals surface area contributed by atoms with E-state index in [2.05, 4.69) is 20.9 Å². The van der Waals surface area contributed by atoms with Gasteiger partial charge in [-0.2, -0.15) is 4.99 Å². The first-order chi connectivity index (χ1) is 6.61. The summed E-state index contributed by atoms with van der Waals surface area (Å²) in [6.45, 7) is 3.76. The zero-order valence-electron chi connectivity index (χ0n) is 8.22. The third-order valence-corrected chi connectivity index (χ3v) is 2.82. The Kier molecular flexibility index (Phi) is 3.44. The van der Waals surface area contributed by atoms with E-state index in [-0.39, 0.29) is 0 Å². The highest BCUT2D eigenvalue weighted by atomic mass is 79.9. The molecule has 1 aromatic rings. The molecule has 0 aromatic heterocycles. The minimum atomic E-state index is 0.545. The van der Waals surface area contributed by atoms with Crippen LogP contribution in [0.1, 0.15) is 11.1 Å². The molecule has 0 saturated heterocycles. The third kappa shape index (κ3) is 1.86. The highest BCUT2D eigenvalue weighted by molar-refractivity contribution is 9.10. The Labute approximate surface area is 90.9 Å². The molecule has 14 heavy (non-hydrogen) atoms. The molecule has 1 aromatic carbocycles. The number of halogens is 1. The van der Waals surface area contributed by atoms with Crippen molar-refractivity contribution in [3.63, 3.8) is 0 Å². The number of hydrogen-bond donors (Lipinski definition) is 0. The number of aryl methyl sites for hydroxylation is 1. The molecule has 0 saturated carbocycles. The minimum absolute atomic E-state index is 0.545. The minimum Gasteiger partial charge on any atom is -0.494 e. The van der Waals surface area contributed by atoms with Crippen LogP contribution >= 0.6 is 15.9 Å². The molecule has 0 atom stereocenters. The monoisotopic (exact) mass is 255 g/mol. The highest BCUT2D eigenvalue weighted by Crippen LogP contribution is 2.38. The molecule has 0 spiro atoms. The van der Waals surface area contributed by atoms with Crippen LogP contribution in [0, 0.1) is 13.8 Å². The van der Waals surface area contributed by atoms with Crippen LogP contribution in [0.15, 0.2) is 15.5 Å². The number of nitrogens with zero attached hydrogens (tertiary/aromatic N) is 1. The topological polar surface area (TPSA) is 38.7 Å². The highest BCUT2D eigenvalue weighted by Gasteiger charge is 2.12. The molecule has 0 aliphatic rings. The largest absolute Gasteiger partial charge is 0.494 e. The molecule has 0 bridgehead atoms. The lowest BCUT2D eigenvalue weighted by Crippen LogP contribution is -1.91. The smallest absolute Gasteiger partial charge is 0.240 e. The van der Waals surface area contributed by atoms with Crippen LogP contribution in [0.5, 0.6) is 5.75 Å². The maximum Gasteiger partial charge on any atom is 0.240 e. The maximum atomic E-state index is 10.2. The first-order valence-corrected chi connectivity index (χ1v) is 4.82. The quantitative estimate of drug-likeness (QED) is 0.602. The van der Waals surface area contributed by atoms with E-state index in [0.717, 1.165) is 15.6 Å². The molecule has 4 heteroatoms. The standard InChI is InChI=1S/C10H10BrNO2/c1-6-4-8(11)7(2)10(14-3)9(6)12-5-13/h4H,1-3H3. The van der Waals surface area contributed by atoms with Crippen LogP contribution in [-0.4, -0.2) is 13.2 Å². The van der Waals surface area contributed by atoms with Crippen LogP contribution in [0.25, 0.3) is 0 Å². The molecule has 0 aliphatic carbocycles. The Morgan fingerprint density at radius 2 is 2.14 bits per heavy atom. The number of methoxy groups -OCH3 is 1. The lowest BCUT2D eigenvalue weighted by molar-refractivity contribution is 0.412. The van der Waals surface area contributed by atoms with Crippen molar-refractivity contribution in [2.45, 2.75) is 13.8 Å². The lowest BCUT2D eigenvalue weighted by atomic mass is 10.1. The Bertz CT molecular complexity index is 409. The number of carbonyl (C=O) groups excluding carboxylic acids is 1. The average molecular weight is 256 g/mol. The van der Waals surface area contributed by atoms with Gasteiger partial charge in [0, 0.05) is 10.0 Å². The van der Waals surface area contributed by atoms with E-state index >= 15 is 0 Å². The average Bonchev–Trinajstić information content (AvgIpc) is 2.15. The van der Waals surface area contributed by atoms with Gasteiger partial charge in [0.15, 0.2) is 0 Å². The van der Waals surface area contributed by atoms with Gasteiger partial charge in [-0.25, -0.2) is 4.79 Å². The summed E-state index contributed by atoms with van der Waals surface area (Å²) in [7, 11) is 1.55. The normalized spacial score (nSPS) is 9.43. The Morgan fingerprint density at radius 1 is 1.50 bits per heavy atom. The lowest BCUT2D eigenvalue weighted by Gasteiger charge is -2.11. The van der Waals surface area contributed by atoms with E-state index in [1.54, 1.807) is 7.11 Å². The molecule has 0 N–H and O–H groups in total. The number of ether oxygens (including phenoxy) is 1. The van der Waals surface area contributed by atoms with Crippen LogP contribution < -0.4 is 4.74 Å². The Morgan fingerprint density at radius 3 is 2.64 bits per heavy atom. The fourth-order valence-corrected chi connectivity index (χ4v) is 1.79. The first-order valence-electron chi connectivity index (χ1n) is 4.03. The molecular formula is C10H10BrNO2. The number of hydrogen-bond acceptors (Lipinski definition) is 3. The second-order valence-corrected chi connectivity index (χ2v) is 3.74. The van der Waals surface area contributed by atoms with Crippen molar-refractivity contribution in [1.29, 1.82) is 0 Å². The van der Waals surface area contributed by atoms with Crippen LogP contribution in [0.3, 0.4) is 0 Å². The van der Waals surface area contributed by atoms with E-state index < -0.39 is 0 Å². The summed E-state index contributed by atoms with van der Waals surface area (Å²) in [5, 5.41) is 0. The summed E-state index contributed by atoms with van der Waals surface area (Å²) in [4.78, 5) is 13.9. The van der Waals surface area contributed by atoms with E-state index in [9.17, 15) is 4.79 Å². The molecule has 0 amide bonds. The third-order valence-electron chi connectivity index (χ3n) is 1.99. The van der Waals surface area contributed by atoms with Crippen molar-refractivity contribution in [1.82, 2.24) is 0 Å². The van der Waals surface area contributed by atoms with E-state index in [1.165, 1.54) is 6.08 Å². The van der Waals surface area contributed by atoms with Gasteiger partial charge in [-0.1, -0.05) is 15.9 Å². The SMILES string of the molecule is COc1c(C)c(Br)cc(C)c1N=C=O.